The van der Waals surface area contributed by atoms with E-state index >= 15 is 0 Å². The molecule has 0 saturated carbocycles. The second-order valence-electron chi connectivity index (χ2n) is 8.73. The van der Waals surface area contributed by atoms with Crippen molar-refractivity contribution in [3.63, 3.8) is 0 Å². The van der Waals surface area contributed by atoms with Crippen molar-refractivity contribution in [3.8, 4) is 5.75 Å². The molecular weight excluding hydrogens is 476 g/mol. The van der Waals surface area contributed by atoms with Gasteiger partial charge < -0.3 is 15.7 Å². The highest BCUT2D eigenvalue weighted by Crippen LogP contribution is 2.40. The molecule has 0 atom stereocenters. The lowest BCUT2D eigenvalue weighted by molar-refractivity contribution is 0.101. The van der Waals surface area contributed by atoms with Gasteiger partial charge in [-0.3, -0.25) is 9.59 Å². The number of aryl methyl sites for hydroxylation is 1. The lowest BCUT2D eigenvalue weighted by atomic mass is 10.0. The van der Waals surface area contributed by atoms with Gasteiger partial charge in [0.15, 0.2) is 5.75 Å². The van der Waals surface area contributed by atoms with Gasteiger partial charge in [-0.05, 0) is 66.9 Å². The number of phenolic OH excluding ortho intramolecular Hbond substituents is 1. The number of phenols is 1. The topological polar surface area (TPSA) is 103 Å². The van der Waals surface area contributed by atoms with E-state index in [1.54, 1.807) is 60.7 Å². The summed E-state index contributed by atoms with van der Waals surface area (Å²) in [4.78, 5) is 26.1. The number of aromatic hydroxyl groups is 1. The number of fused-ring (bicyclic) bond motifs is 1. The van der Waals surface area contributed by atoms with Gasteiger partial charge in [0, 0.05) is 22.3 Å². The maximum Gasteiger partial charge on any atom is 0.259 e. The van der Waals surface area contributed by atoms with Crippen molar-refractivity contribution in [2.75, 3.05) is 10.6 Å². The molecule has 0 bridgehead atoms. The Balaban J connectivity index is 1.57. The van der Waals surface area contributed by atoms with Gasteiger partial charge in [-0.1, -0.05) is 60.2 Å². The number of hydrogen-bond donors (Lipinski definition) is 3. The molecule has 0 radical (unpaired) electrons. The average Bonchev–Trinajstić information content (AvgIpc) is 2.94. The molecule has 0 aliphatic heterocycles. The minimum absolute atomic E-state index is 0.0137. The zero-order chi connectivity index (χ0) is 26.5. The Morgan fingerprint density at radius 2 is 1.29 bits per heavy atom. The third-order valence-corrected chi connectivity index (χ3v) is 5.96. The van der Waals surface area contributed by atoms with Crippen molar-refractivity contribution < 1.29 is 14.7 Å². The van der Waals surface area contributed by atoms with Crippen LogP contribution in [0.25, 0.3) is 10.8 Å². The van der Waals surface area contributed by atoms with Crippen LogP contribution in [0.4, 0.5) is 22.7 Å². The van der Waals surface area contributed by atoms with Crippen LogP contribution in [0.2, 0.25) is 0 Å². The number of carbonyl (C=O) groups excluding carboxylic acids is 2. The van der Waals surface area contributed by atoms with Crippen LogP contribution in [0.15, 0.2) is 119 Å². The summed E-state index contributed by atoms with van der Waals surface area (Å²) in [5, 5.41) is 26.5. The summed E-state index contributed by atoms with van der Waals surface area (Å²) in [7, 11) is 0. The smallest absolute Gasteiger partial charge is 0.259 e. The Hall–Kier alpha value is -5.30. The lowest BCUT2D eigenvalue weighted by Crippen LogP contribution is -2.13. The Kier molecular flexibility index (Phi) is 6.91. The molecule has 0 unspecified atom stereocenters. The molecule has 186 valence electrons. The fourth-order valence-corrected chi connectivity index (χ4v) is 3.96. The maximum absolute atomic E-state index is 13.2. The summed E-state index contributed by atoms with van der Waals surface area (Å²) in [5.74, 6) is -1.12. The van der Waals surface area contributed by atoms with Crippen LogP contribution in [0, 0.1) is 6.92 Å². The van der Waals surface area contributed by atoms with Gasteiger partial charge >= 0.3 is 0 Å². The Morgan fingerprint density at radius 1 is 0.684 bits per heavy atom. The van der Waals surface area contributed by atoms with Crippen molar-refractivity contribution in [2.45, 2.75) is 6.92 Å². The van der Waals surface area contributed by atoms with E-state index in [1.807, 2.05) is 55.5 Å². The minimum Gasteiger partial charge on any atom is -0.505 e. The first-order valence-corrected chi connectivity index (χ1v) is 12.0. The molecule has 38 heavy (non-hydrogen) atoms. The number of nitrogens with zero attached hydrogens (tertiary/aromatic N) is 2. The summed E-state index contributed by atoms with van der Waals surface area (Å²) in [6.45, 7) is 1.97. The van der Waals surface area contributed by atoms with E-state index in [0.29, 0.717) is 33.4 Å². The summed E-state index contributed by atoms with van der Waals surface area (Å²) >= 11 is 0. The van der Waals surface area contributed by atoms with Crippen LogP contribution in [0.3, 0.4) is 0 Å². The van der Waals surface area contributed by atoms with Crippen molar-refractivity contribution in [2.24, 2.45) is 10.2 Å². The van der Waals surface area contributed by atoms with E-state index in [4.69, 9.17) is 0 Å². The first-order chi connectivity index (χ1) is 18.5. The van der Waals surface area contributed by atoms with Crippen molar-refractivity contribution in [1.29, 1.82) is 0 Å². The fraction of sp³-hybridized carbons (Fsp3) is 0.0323. The predicted octanol–water partition coefficient (Wildman–Crippen LogP) is 7.77. The number of amides is 2. The highest BCUT2D eigenvalue weighted by Gasteiger charge is 2.20. The Bertz CT molecular complexity index is 1650. The number of hydrogen-bond acceptors (Lipinski definition) is 5. The number of carbonyl (C=O) groups is 2. The molecule has 0 aromatic heterocycles. The molecule has 2 amide bonds. The molecule has 0 aliphatic carbocycles. The lowest BCUT2D eigenvalue weighted by Gasteiger charge is -2.12. The predicted molar refractivity (Wildman–Crippen MR) is 150 cm³/mol. The third-order valence-electron chi connectivity index (χ3n) is 5.96. The first-order valence-electron chi connectivity index (χ1n) is 12.0. The number of rotatable bonds is 6. The zero-order valence-electron chi connectivity index (χ0n) is 20.6. The van der Waals surface area contributed by atoms with Crippen LogP contribution < -0.4 is 10.6 Å². The van der Waals surface area contributed by atoms with E-state index in [2.05, 4.69) is 20.9 Å². The maximum atomic E-state index is 13.2. The number of azo groups is 1. The Labute approximate surface area is 219 Å². The quantitative estimate of drug-likeness (QED) is 0.207. The highest BCUT2D eigenvalue weighted by molar-refractivity contribution is 6.13. The number of para-hydroxylation sites is 2. The number of anilines is 2. The van der Waals surface area contributed by atoms with Gasteiger partial charge in [0.1, 0.15) is 5.69 Å². The van der Waals surface area contributed by atoms with Crippen molar-refractivity contribution in [3.05, 3.63) is 126 Å². The standard InChI is InChI=1S/C31H24N4O3/c1-20-12-15-25(16-13-20)34-35-28-26-17-14-21(30(37)32-23-8-4-2-5-9-23)18-22(26)19-27(29(28)36)31(38)33-24-10-6-3-7-11-24/h2-19,36H,1H3,(H,32,37)(H,33,38). The normalized spacial score (nSPS) is 11.0. The van der Waals surface area contributed by atoms with Gasteiger partial charge in [0.05, 0.1) is 11.3 Å². The van der Waals surface area contributed by atoms with Crippen molar-refractivity contribution in [1.82, 2.24) is 0 Å². The van der Waals surface area contributed by atoms with Crippen LogP contribution >= 0.6 is 0 Å². The molecule has 0 saturated heterocycles. The number of benzene rings is 5. The molecule has 0 spiro atoms. The third kappa shape index (κ3) is 5.42. The van der Waals surface area contributed by atoms with Gasteiger partial charge in [0.25, 0.3) is 11.8 Å². The molecule has 5 aromatic rings. The monoisotopic (exact) mass is 500 g/mol. The summed E-state index contributed by atoms with van der Waals surface area (Å²) in [6.07, 6.45) is 0. The van der Waals surface area contributed by atoms with Gasteiger partial charge in [-0.2, -0.15) is 5.11 Å². The second-order valence-corrected chi connectivity index (χ2v) is 8.73. The van der Waals surface area contributed by atoms with Crippen molar-refractivity contribution >= 4 is 45.3 Å². The first kappa shape index (κ1) is 24.4. The van der Waals surface area contributed by atoms with E-state index in [0.717, 1.165) is 5.56 Å². The van der Waals surface area contributed by atoms with Crippen LogP contribution in [-0.2, 0) is 0 Å². The van der Waals surface area contributed by atoms with Crippen LogP contribution in [-0.4, -0.2) is 16.9 Å². The van der Waals surface area contributed by atoms with Gasteiger partial charge in [-0.15, -0.1) is 5.11 Å². The highest BCUT2D eigenvalue weighted by atomic mass is 16.3. The Morgan fingerprint density at radius 3 is 1.92 bits per heavy atom. The van der Waals surface area contributed by atoms with Crippen LogP contribution in [0.1, 0.15) is 26.3 Å². The molecular formula is C31H24N4O3. The molecule has 0 heterocycles. The fourth-order valence-electron chi connectivity index (χ4n) is 3.96. The molecule has 0 aliphatic rings. The van der Waals surface area contributed by atoms with Crippen LogP contribution in [0.5, 0.6) is 5.75 Å². The van der Waals surface area contributed by atoms with Gasteiger partial charge in [-0.25, -0.2) is 0 Å². The van der Waals surface area contributed by atoms with Gasteiger partial charge in [0.2, 0.25) is 0 Å². The molecule has 5 aromatic carbocycles. The van der Waals surface area contributed by atoms with E-state index in [-0.39, 0.29) is 22.9 Å². The molecule has 5 rings (SSSR count). The van der Waals surface area contributed by atoms with E-state index in [1.165, 1.54) is 0 Å². The minimum atomic E-state index is -0.512. The second kappa shape index (κ2) is 10.8. The molecule has 3 N–H and O–H groups in total. The molecule has 0 fully saturated rings. The summed E-state index contributed by atoms with van der Waals surface area (Å²) < 4.78 is 0. The zero-order valence-corrected chi connectivity index (χ0v) is 20.6. The average molecular weight is 501 g/mol. The molecule has 7 nitrogen and oxygen atoms in total. The largest absolute Gasteiger partial charge is 0.505 e. The number of nitrogens with one attached hydrogen (secondary N) is 2. The van der Waals surface area contributed by atoms with E-state index < -0.39 is 5.91 Å². The summed E-state index contributed by atoms with van der Waals surface area (Å²) in [5.41, 5.74) is 3.47. The SMILES string of the molecule is Cc1ccc(N=Nc2c(O)c(C(=O)Nc3ccccc3)cc3cc(C(=O)Nc4ccccc4)ccc23)cc1. The molecule has 7 heteroatoms. The summed E-state index contributed by atoms with van der Waals surface area (Å²) in [6, 6.07) is 32.1. The van der Waals surface area contributed by atoms with E-state index in [9.17, 15) is 14.7 Å².